The molecule has 5 heterocycles. The van der Waals surface area contributed by atoms with Crippen LogP contribution >= 0.6 is 0 Å². The normalized spacial score (nSPS) is 12.3. The maximum Gasteiger partial charge on any atom is 0.231 e. The summed E-state index contributed by atoms with van der Waals surface area (Å²) in [6.07, 6.45) is 0. The van der Waals surface area contributed by atoms with Gasteiger partial charge in [0.1, 0.15) is 5.58 Å². The minimum Gasteiger partial charge on any atom is -0.438 e. The maximum atomic E-state index is 6.64. The molecular weight excluding hydrogens is 793 g/mol. The molecule has 0 atom stereocenters. The molecule has 0 bridgehead atoms. The molecule has 10 aromatic carbocycles. The predicted octanol–water partition coefficient (Wildman–Crippen LogP) is 15.9. The van der Waals surface area contributed by atoms with Crippen molar-refractivity contribution in [2.75, 3.05) is 0 Å². The molecule has 0 aliphatic carbocycles. The van der Waals surface area contributed by atoms with E-state index in [1.165, 1.54) is 65.2 Å². The fourth-order valence-corrected chi connectivity index (χ4v) is 11.0. The van der Waals surface area contributed by atoms with E-state index in [2.05, 4.69) is 197 Å². The molecule has 0 aliphatic heterocycles. The number of benzene rings is 10. The monoisotopic (exact) mass is 826 g/mol. The van der Waals surface area contributed by atoms with Crippen molar-refractivity contribution in [2.24, 2.45) is 0 Å². The summed E-state index contributed by atoms with van der Waals surface area (Å²) in [4.78, 5) is 11.0. The summed E-state index contributed by atoms with van der Waals surface area (Å²) in [7, 11) is 0. The van der Waals surface area contributed by atoms with Crippen LogP contribution in [0.25, 0.3) is 143 Å². The van der Waals surface area contributed by atoms with Crippen molar-refractivity contribution in [3.8, 4) is 44.9 Å². The van der Waals surface area contributed by atoms with Crippen LogP contribution in [0.5, 0.6) is 0 Å². The zero-order valence-electron chi connectivity index (χ0n) is 34.8. The molecule has 0 fully saturated rings. The molecular formula is C60H34N4O. The third-order valence-corrected chi connectivity index (χ3v) is 13.9. The second-order valence-corrected chi connectivity index (χ2v) is 17.3. The van der Waals surface area contributed by atoms with Gasteiger partial charge < -0.3 is 13.2 Å². The van der Waals surface area contributed by atoms with Gasteiger partial charge >= 0.3 is 0 Å². The Morgan fingerprint density at radius 1 is 0.338 bits per heavy atom. The van der Waals surface area contributed by atoms with E-state index in [4.69, 9.17) is 14.4 Å². The third-order valence-electron chi connectivity index (χ3n) is 13.9. The number of nitrogens with zero attached hydrogens (tertiary/aromatic N) is 4. The quantitative estimate of drug-likeness (QED) is 0.178. The fourth-order valence-electron chi connectivity index (χ4n) is 11.0. The fraction of sp³-hybridized carbons (Fsp3) is 0. The summed E-state index contributed by atoms with van der Waals surface area (Å²) in [5.41, 5.74) is 15.5. The highest BCUT2D eigenvalue weighted by Gasteiger charge is 2.25. The van der Waals surface area contributed by atoms with Crippen molar-refractivity contribution in [3.05, 3.63) is 206 Å². The molecule has 0 radical (unpaired) electrons. The summed E-state index contributed by atoms with van der Waals surface area (Å²) in [6, 6.07) is 74.4. The lowest BCUT2D eigenvalue weighted by molar-refractivity contribution is 0.653. The molecule has 5 aromatic heterocycles. The van der Waals surface area contributed by atoms with Gasteiger partial charge in [-0.3, -0.25) is 0 Å². The predicted molar refractivity (Wildman–Crippen MR) is 269 cm³/mol. The van der Waals surface area contributed by atoms with Crippen molar-refractivity contribution in [1.29, 1.82) is 0 Å². The maximum absolute atomic E-state index is 6.64. The van der Waals surface area contributed by atoms with E-state index in [9.17, 15) is 0 Å². The molecule has 0 saturated carbocycles. The van der Waals surface area contributed by atoms with Crippen LogP contribution < -0.4 is 0 Å². The molecule has 0 aliphatic rings. The first-order valence-electron chi connectivity index (χ1n) is 22.2. The van der Waals surface area contributed by atoms with Crippen LogP contribution in [0, 0.1) is 0 Å². The Morgan fingerprint density at radius 3 is 1.62 bits per heavy atom. The van der Waals surface area contributed by atoms with Crippen molar-refractivity contribution < 1.29 is 4.42 Å². The highest BCUT2D eigenvalue weighted by Crippen LogP contribution is 2.46. The molecule has 0 spiro atoms. The lowest BCUT2D eigenvalue weighted by Gasteiger charge is -2.15. The molecule has 0 N–H and O–H groups in total. The lowest BCUT2D eigenvalue weighted by Crippen LogP contribution is -1.98. The Bertz CT molecular complexity index is 4450. The number of fused-ring (bicyclic) bond motifs is 13. The minimum absolute atomic E-state index is 0.561. The number of aromatic nitrogens is 4. The number of hydrogen-bond acceptors (Lipinski definition) is 3. The van der Waals surface area contributed by atoms with Gasteiger partial charge in [-0.15, -0.1) is 0 Å². The molecule has 300 valence electrons. The van der Waals surface area contributed by atoms with Crippen molar-refractivity contribution >= 4 is 98.3 Å². The zero-order valence-corrected chi connectivity index (χ0v) is 34.8. The number of furan rings is 1. The largest absolute Gasteiger partial charge is 0.438 e. The first-order valence-corrected chi connectivity index (χ1v) is 22.2. The molecule has 15 rings (SSSR count). The van der Waals surface area contributed by atoms with Gasteiger partial charge in [0.15, 0.2) is 5.82 Å². The smallest absolute Gasteiger partial charge is 0.231 e. The van der Waals surface area contributed by atoms with Gasteiger partial charge in [0.2, 0.25) is 5.71 Å². The zero-order chi connectivity index (χ0) is 42.3. The second kappa shape index (κ2) is 12.9. The van der Waals surface area contributed by atoms with E-state index in [1.54, 1.807) is 0 Å². The van der Waals surface area contributed by atoms with Crippen LogP contribution in [0.4, 0.5) is 0 Å². The van der Waals surface area contributed by atoms with Gasteiger partial charge in [-0.25, -0.2) is 4.98 Å². The van der Waals surface area contributed by atoms with Crippen LogP contribution in [0.1, 0.15) is 0 Å². The van der Waals surface area contributed by atoms with Crippen LogP contribution in [-0.4, -0.2) is 18.8 Å². The van der Waals surface area contributed by atoms with E-state index in [1.807, 2.05) is 18.2 Å². The topological polar surface area (TPSA) is 47.7 Å². The summed E-state index contributed by atoms with van der Waals surface area (Å²) < 4.78 is 11.7. The lowest BCUT2D eigenvalue weighted by atomic mass is 9.94. The van der Waals surface area contributed by atoms with Gasteiger partial charge in [0.25, 0.3) is 0 Å². The summed E-state index contributed by atoms with van der Waals surface area (Å²) >= 11 is 0. The number of hydrogen-bond donors (Lipinski definition) is 0. The van der Waals surface area contributed by atoms with Gasteiger partial charge in [-0.2, -0.15) is 4.98 Å². The van der Waals surface area contributed by atoms with Gasteiger partial charge in [-0.1, -0.05) is 176 Å². The first kappa shape index (κ1) is 34.7. The van der Waals surface area contributed by atoms with Crippen molar-refractivity contribution in [1.82, 2.24) is 18.8 Å². The Labute approximate surface area is 371 Å². The molecule has 15 aromatic rings. The number of para-hydroxylation sites is 3. The van der Waals surface area contributed by atoms with Crippen molar-refractivity contribution in [3.63, 3.8) is 0 Å². The average molecular weight is 827 g/mol. The average Bonchev–Trinajstić information content (AvgIpc) is 4.01. The molecule has 5 nitrogen and oxygen atoms in total. The second-order valence-electron chi connectivity index (χ2n) is 17.3. The van der Waals surface area contributed by atoms with E-state index in [0.29, 0.717) is 11.5 Å². The highest BCUT2D eigenvalue weighted by atomic mass is 16.3. The standard InChI is InChI=1S/C60H34N4O/c1-2-14-39(15-3-1)56-55-46-20-8-11-24-53(46)65-60(55)62-59(61-56)48-34-52-51(33-47(48)37-27-25-36(26-28-37)41-21-12-16-35-13-4-5-17-40(35)41)63-49-22-9-6-18-42(49)44-31-29-38-30-32-45-43-19-7-10-23-50(43)64(52)58(45)54(38)57(44)63/h1-34H. The Kier molecular flexibility index (Phi) is 6.89. The summed E-state index contributed by atoms with van der Waals surface area (Å²) in [6.45, 7) is 0. The SMILES string of the molecule is c1ccc(-c2nc(-c3cc4c(cc3-c3ccc(-c5cccc6ccccc56)cc3)n3c5ccccc5c5ccc6ccc7c8ccccc8n4c7c6c53)nc3oc4ccccc4c23)cc1. The van der Waals surface area contributed by atoms with Crippen LogP contribution in [0.2, 0.25) is 0 Å². The van der Waals surface area contributed by atoms with Crippen LogP contribution in [-0.2, 0) is 0 Å². The Morgan fingerprint density at radius 2 is 0.908 bits per heavy atom. The van der Waals surface area contributed by atoms with Gasteiger partial charge in [0, 0.05) is 43.4 Å². The molecule has 5 heteroatoms. The number of rotatable bonds is 4. The third kappa shape index (κ3) is 4.76. The molecule has 0 unspecified atom stereocenters. The summed E-state index contributed by atoms with van der Waals surface area (Å²) in [5, 5.41) is 11.7. The van der Waals surface area contributed by atoms with E-state index in [-0.39, 0.29) is 0 Å². The van der Waals surface area contributed by atoms with E-state index >= 15 is 0 Å². The Balaban J connectivity index is 1.13. The van der Waals surface area contributed by atoms with E-state index in [0.717, 1.165) is 66.4 Å². The molecule has 65 heavy (non-hydrogen) atoms. The van der Waals surface area contributed by atoms with Gasteiger partial charge in [-0.05, 0) is 68.7 Å². The molecule has 0 saturated heterocycles. The Hall–Kier alpha value is -8.80. The van der Waals surface area contributed by atoms with Crippen molar-refractivity contribution in [2.45, 2.75) is 0 Å². The molecule has 0 amide bonds. The summed E-state index contributed by atoms with van der Waals surface area (Å²) in [5.74, 6) is 0.599. The van der Waals surface area contributed by atoms with E-state index < -0.39 is 0 Å². The van der Waals surface area contributed by atoms with Crippen LogP contribution in [0.3, 0.4) is 0 Å². The minimum atomic E-state index is 0.561. The van der Waals surface area contributed by atoms with Gasteiger partial charge in [0.05, 0.1) is 44.2 Å². The van der Waals surface area contributed by atoms with Crippen LogP contribution in [0.15, 0.2) is 211 Å². The first-order chi connectivity index (χ1) is 32.2. The highest BCUT2D eigenvalue weighted by molar-refractivity contribution is 6.29.